The van der Waals surface area contributed by atoms with Gasteiger partial charge in [-0.2, -0.15) is 0 Å². The van der Waals surface area contributed by atoms with Crippen molar-refractivity contribution in [3.05, 3.63) is 11.6 Å². The summed E-state index contributed by atoms with van der Waals surface area (Å²) in [5, 5.41) is 20.5. The third-order valence-corrected chi connectivity index (χ3v) is 8.72. The summed E-state index contributed by atoms with van der Waals surface area (Å²) >= 11 is 0. The molecule has 3 fully saturated rings. The Morgan fingerprint density at radius 2 is 1.84 bits per heavy atom. The minimum atomic E-state index is -1.36. The summed E-state index contributed by atoms with van der Waals surface area (Å²) in [7, 11) is 0. The van der Waals surface area contributed by atoms with Gasteiger partial charge in [0.25, 0.3) is 0 Å². The van der Waals surface area contributed by atoms with Gasteiger partial charge in [0.05, 0.1) is 0 Å². The van der Waals surface area contributed by atoms with Crippen molar-refractivity contribution in [3.63, 3.8) is 0 Å². The first-order chi connectivity index (χ1) is 11.8. The molecule has 0 heterocycles. The molecule has 0 amide bonds. The van der Waals surface area contributed by atoms with Gasteiger partial charge >= 0.3 is 0 Å². The number of ketones is 2. The molecule has 0 bridgehead atoms. The van der Waals surface area contributed by atoms with Crippen LogP contribution in [0.4, 0.5) is 0 Å². The zero-order chi connectivity index (χ0) is 18.0. The fraction of sp³-hybridized carbons (Fsp3) is 0.810. The average molecular weight is 346 g/mol. The topological polar surface area (TPSA) is 74.6 Å². The molecule has 6 atom stereocenters. The van der Waals surface area contributed by atoms with Crippen molar-refractivity contribution < 1.29 is 19.8 Å². The maximum absolute atomic E-state index is 12.3. The lowest BCUT2D eigenvalue weighted by molar-refractivity contribution is -0.164. The summed E-state index contributed by atoms with van der Waals surface area (Å²) in [6.07, 6.45) is 8.72. The first-order valence-electron chi connectivity index (χ1n) is 9.87. The fourth-order valence-corrected chi connectivity index (χ4v) is 7.16. The predicted molar refractivity (Wildman–Crippen MR) is 93.8 cm³/mol. The highest BCUT2D eigenvalue weighted by molar-refractivity contribution is 5.91. The van der Waals surface area contributed by atoms with E-state index in [2.05, 4.69) is 13.8 Å². The zero-order valence-corrected chi connectivity index (χ0v) is 15.4. The molecule has 0 unspecified atom stereocenters. The van der Waals surface area contributed by atoms with Crippen molar-refractivity contribution in [2.24, 2.45) is 28.6 Å². The van der Waals surface area contributed by atoms with Crippen LogP contribution in [-0.2, 0) is 9.59 Å². The third-order valence-electron chi connectivity index (χ3n) is 8.72. The van der Waals surface area contributed by atoms with Crippen LogP contribution >= 0.6 is 0 Å². The lowest BCUT2D eigenvalue weighted by atomic mass is 9.46. The standard InChI is InChI=1S/C21H30O4/c1-19-8-5-14(23)11-13(19)3-4-15-16(19)6-9-20(2)17(15)7-10-21(20,25)18(24)12-22/h11,15-17,22,25H,3-10,12H2,1-2H3/t15-,16+,17-,19+,20+,21-/m1/s1. The van der Waals surface area contributed by atoms with E-state index < -0.39 is 23.4 Å². The molecule has 25 heavy (non-hydrogen) atoms. The van der Waals surface area contributed by atoms with E-state index in [1.165, 1.54) is 5.57 Å². The van der Waals surface area contributed by atoms with Gasteiger partial charge in [-0.25, -0.2) is 0 Å². The van der Waals surface area contributed by atoms with Crippen molar-refractivity contribution >= 4 is 11.6 Å². The number of aliphatic hydroxyl groups excluding tert-OH is 1. The molecule has 0 aromatic heterocycles. The highest BCUT2D eigenvalue weighted by Gasteiger charge is 2.65. The Labute approximate surface area is 149 Å². The van der Waals surface area contributed by atoms with E-state index in [0.717, 1.165) is 38.5 Å². The third kappa shape index (κ3) is 2.13. The molecule has 2 N–H and O–H groups in total. The molecule has 4 heteroatoms. The highest BCUT2D eigenvalue weighted by atomic mass is 16.3. The van der Waals surface area contributed by atoms with E-state index in [0.29, 0.717) is 30.6 Å². The van der Waals surface area contributed by atoms with Crippen LogP contribution in [0.25, 0.3) is 0 Å². The maximum Gasteiger partial charge on any atom is 0.190 e. The first kappa shape index (κ1) is 17.4. The van der Waals surface area contributed by atoms with Crippen LogP contribution in [-0.4, -0.2) is 34.0 Å². The van der Waals surface area contributed by atoms with E-state index in [1.54, 1.807) is 0 Å². The quantitative estimate of drug-likeness (QED) is 0.806. The number of hydrogen-bond acceptors (Lipinski definition) is 4. The second-order valence-electron chi connectivity index (χ2n) is 9.41. The van der Waals surface area contributed by atoms with Crippen molar-refractivity contribution in [2.45, 2.75) is 70.8 Å². The Bertz CT molecular complexity index is 652. The largest absolute Gasteiger partial charge is 0.388 e. The minimum absolute atomic E-state index is 0.111. The van der Waals surface area contributed by atoms with E-state index in [-0.39, 0.29) is 11.2 Å². The van der Waals surface area contributed by atoms with Crippen LogP contribution in [0.1, 0.15) is 65.2 Å². The van der Waals surface area contributed by atoms with Crippen LogP contribution in [0.15, 0.2) is 11.6 Å². The maximum atomic E-state index is 12.3. The summed E-state index contributed by atoms with van der Waals surface area (Å²) < 4.78 is 0. The van der Waals surface area contributed by atoms with Crippen molar-refractivity contribution in [2.75, 3.05) is 6.61 Å². The molecule has 4 aliphatic rings. The Morgan fingerprint density at radius 1 is 1.12 bits per heavy atom. The normalized spacial score (nSPS) is 49.0. The molecule has 3 saturated carbocycles. The Kier molecular flexibility index (Phi) is 3.83. The smallest absolute Gasteiger partial charge is 0.190 e. The van der Waals surface area contributed by atoms with Gasteiger partial charge in [-0.15, -0.1) is 0 Å². The number of Topliss-reactive ketones (excluding diaryl/α,β-unsaturated/α-hetero) is 1. The van der Waals surface area contributed by atoms with Crippen LogP contribution in [0.5, 0.6) is 0 Å². The number of rotatable bonds is 2. The molecule has 4 rings (SSSR count). The van der Waals surface area contributed by atoms with Gasteiger partial charge in [-0.05, 0) is 74.2 Å². The molecule has 0 aromatic rings. The van der Waals surface area contributed by atoms with Crippen LogP contribution < -0.4 is 0 Å². The van der Waals surface area contributed by atoms with Crippen LogP contribution in [0.2, 0.25) is 0 Å². The van der Waals surface area contributed by atoms with Crippen molar-refractivity contribution in [3.8, 4) is 0 Å². The monoisotopic (exact) mass is 346 g/mol. The summed E-state index contributed by atoms with van der Waals surface area (Å²) in [6.45, 7) is 3.84. The Morgan fingerprint density at radius 3 is 2.56 bits per heavy atom. The molecule has 4 nitrogen and oxygen atoms in total. The molecule has 0 saturated heterocycles. The van der Waals surface area contributed by atoms with Crippen molar-refractivity contribution in [1.82, 2.24) is 0 Å². The van der Waals surface area contributed by atoms with Crippen molar-refractivity contribution in [1.29, 1.82) is 0 Å². The van der Waals surface area contributed by atoms with E-state index in [1.807, 2.05) is 6.08 Å². The number of hydrogen-bond donors (Lipinski definition) is 2. The van der Waals surface area contributed by atoms with E-state index in [4.69, 9.17) is 0 Å². The van der Waals surface area contributed by atoms with Gasteiger partial charge in [0, 0.05) is 11.8 Å². The van der Waals surface area contributed by atoms with Gasteiger partial charge in [0.2, 0.25) is 0 Å². The van der Waals surface area contributed by atoms with Gasteiger partial charge in [0.1, 0.15) is 12.2 Å². The second kappa shape index (κ2) is 5.50. The SMILES string of the molecule is C[C@]12CCC(=O)C=C1CC[C@H]1[C@H]3CC[C@@](O)(C(=O)CO)[C@@]3(C)CC[C@@H]12. The zero-order valence-electron chi connectivity index (χ0n) is 15.4. The lowest BCUT2D eigenvalue weighted by Gasteiger charge is -2.58. The van der Waals surface area contributed by atoms with E-state index >= 15 is 0 Å². The molecule has 0 aliphatic heterocycles. The fourth-order valence-electron chi connectivity index (χ4n) is 7.16. The minimum Gasteiger partial charge on any atom is -0.388 e. The van der Waals surface area contributed by atoms with Gasteiger partial charge in [0.15, 0.2) is 11.6 Å². The summed E-state index contributed by atoms with van der Waals surface area (Å²) in [5.74, 6) is 1.26. The number of aliphatic hydroxyl groups is 2. The van der Waals surface area contributed by atoms with Gasteiger partial charge in [-0.3, -0.25) is 9.59 Å². The second-order valence-corrected chi connectivity index (χ2v) is 9.41. The summed E-state index contributed by atoms with van der Waals surface area (Å²) in [4.78, 5) is 24.2. The first-order valence-corrected chi connectivity index (χ1v) is 9.87. The molecule has 138 valence electrons. The summed E-state index contributed by atoms with van der Waals surface area (Å²) in [5.41, 5.74) is -0.333. The number of fused-ring (bicyclic) bond motifs is 5. The Hall–Kier alpha value is -1.00. The lowest BCUT2D eigenvalue weighted by Crippen LogP contribution is -2.58. The highest BCUT2D eigenvalue weighted by Crippen LogP contribution is 2.67. The molecular formula is C21H30O4. The summed E-state index contributed by atoms with van der Waals surface area (Å²) in [6, 6.07) is 0. The number of carbonyl (C=O) groups is 2. The molecule has 4 aliphatic carbocycles. The van der Waals surface area contributed by atoms with Gasteiger partial charge in [-0.1, -0.05) is 19.4 Å². The molecule has 0 radical (unpaired) electrons. The van der Waals surface area contributed by atoms with Crippen LogP contribution in [0, 0.1) is 28.6 Å². The predicted octanol–water partition coefficient (Wildman–Crippen LogP) is 2.81. The van der Waals surface area contributed by atoms with Gasteiger partial charge < -0.3 is 10.2 Å². The molecule has 0 spiro atoms. The Balaban J connectivity index is 1.68. The average Bonchev–Trinajstić information content (AvgIpc) is 2.87. The molecular weight excluding hydrogens is 316 g/mol. The van der Waals surface area contributed by atoms with E-state index in [9.17, 15) is 19.8 Å². The molecule has 0 aromatic carbocycles. The number of allylic oxidation sites excluding steroid dienone is 1. The number of carbonyl (C=O) groups excluding carboxylic acids is 2. The van der Waals surface area contributed by atoms with Crippen LogP contribution in [0.3, 0.4) is 0 Å².